The standard InChI is InChI=1S/C9H18N2O3S/c1-15(12,13)11-4-5-14-9-6-10-3-2-8(9)7-11/h8-10H,2-7H2,1H3. The van der Waals surface area contributed by atoms with Gasteiger partial charge in [-0.1, -0.05) is 0 Å². The summed E-state index contributed by atoms with van der Waals surface area (Å²) in [7, 11) is -3.07. The van der Waals surface area contributed by atoms with Gasteiger partial charge in [0.1, 0.15) is 0 Å². The van der Waals surface area contributed by atoms with E-state index in [9.17, 15) is 8.42 Å². The maximum absolute atomic E-state index is 11.5. The number of rotatable bonds is 1. The van der Waals surface area contributed by atoms with E-state index in [4.69, 9.17) is 4.74 Å². The van der Waals surface area contributed by atoms with Crippen LogP contribution in [0.4, 0.5) is 0 Å². The van der Waals surface area contributed by atoms with Gasteiger partial charge in [0, 0.05) is 25.6 Å². The lowest BCUT2D eigenvalue weighted by Crippen LogP contribution is -2.45. The van der Waals surface area contributed by atoms with Gasteiger partial charge in [0.15, 0.2) is 0 Å². The van der Waals surface area contributed by atoms with Crippen molar-refractivity contribution in [3.8, 4) is 0 Å². The van der Waals surface area contributed by atoms with E-state index < -0.39 is 10.0 Å². The van der Waals surface area contributed by atoms with Crippen LogP contribution in [-0.2, 0) is 14.8 Å². The normalized spacial score (nSPS) is 34.5. The number of sulfonamides is 1. The highest BCUT2D eigenvalue weighted by Crippen LogP contribution is 2.21. The van der Waals surface area contributed by atoms with Crippen molar-refractivity contribution < 1.29 is 13.2 Å². The summed E-state index contributed by atoms with van der Waals surface area (Å²) < 4.78 is 30.1. The molecule has 0 radical (unpaired) electrons. The lowest BCUT2D eigenvalue weighted by atomic mass is 9.95. The van der Waals surface area contributed by atoms with Crippen LogP contribution in [0.25, 0.3) is 0 Å². The van der Waals surface area contributed by atoms with Gasteiger partial charge in [0.05, 0.1) is 19.0 Å². The highest BCUT2D eigenvalue weighted by Gasteiger charge is 2.32. The molecule has 6 heteroatoms. The predicted molar refractivity (Wildman–Crippen MR) is 57.1 cm³/mol. The van der Waals surface area contributed by atoms with Gasteiger partial charge in [-0.25, -0.2) is 8.42 Å². The van der Waals surface area contributed by atoms with Crippen LogP contribution in [0, 0.1) is 5.92 Å². The SMILES string of the molecule is CS(=O)(=O)N1CCOC2CNCCC2C1. The van der Waals surface area contributed by atoms with Gasteiger partial charge >= 0.3 is 0 Å². The minimum Gasteiger partial charge on any atom is -0.375 e. The lowest BCUT2D eigenvalue weighted by molar-refractivity contribution is 0.0179. The fourth-order valence-corrected chi connectivity index (χ4v) is 3.12. The number of nitrogens with zero attached hydrogens (tertiary/aromatic N) is 1. The fraction of sp³-hybridized carbons (Fsp3) is 1.00. The minimum atomic E-state index is -3.07. The molecule has 0 bridgehead atoms. The van der Waals surface area contributed by atoms with Crippen LogP contribution in [0.5, 0.6) is 0 Å². The average Bonchev–Trinajstić information content (AvgIpc) is 2.38. The summed E-state index contributed by atoms with van der Waals surface area (Å²) in [5.74, 6) is 0.350. The molecule has 2 saturated heterocycles. The Hall–Kier alpha value is -0.170. The van der Waals surface area contributed by atoms with E-state index >= 15 is 0 Å². The van der Waals surface area contributed by atoms with Gasteiger partial charge < -0.3 is 10.1 Å². The van der Waals surface area contributed by atoms with Gasteiger partial charge in [0.2, 0.25) is 10.0 Å². The van der Waals surface area contributed by atoms with Gasteiger partial charge in [-0.15, -0.1) is 0 Å². The zero-order valence-electron chi connectivity index (χ0n) is 8.98. The molecule has 15 heavy (non-hydrogen) atoms. The molecule has 2 heterocycles. The first-order valence-corrected chi connectivity index (χ1v) is 7.19. The predicted octanol–water partition coefficient (Wildman–Crippen LogP) is -0.744. The first-order valence-electron chi connectivity index (χ1n) is 5.35. The first-order chi connectivity index (χ1) is 7.07. The maximum Gasteiger partial charge on any atom is 0.211 e. The van der Waals surface area contributed by atoms with Gasteiger partial charge in [-0.3, -0.25) is 0 Å². The van der Waals surface area contributed by atoms with Crippen molar-refractivity contribution in [2.75, 3.05) is 39.0 Å². The Morgan fingerprint density at radius 1 is 1.47 bits per heavy atom. The van der Waals surface area contributed by atoms with Crippen molar-refractivity contribution in [2.45, 2.75) is 12.5 Å². The summed E-state index contributed by atoms with van der Waals surface area (Å²) in [6.45, 7) is 3.43. The number of nitrogens with one attached hydrogen (secondary N) is 1. The number of fused-ring (bicyclic) bond motifs is 1. The largest absolute Gasteiger partial charge is 0.375 e. The molecule has 0 aromatic carbocycles. The molecule has 0 aromatic rings. The van der Waals surface area contributed by atoms with Gasteiger partial charge in [0.25, 0.3) is 0 Å². The molecule has 2 fully saturated rings. The summed E-state index contributed by atoms with van der Waals surface area (Å²) in [6.07, 6.45) is 2.45. The molecule has 1 N–H and O–H groups in total. The quantitative estimate of drug-likeness (QED) is 0.649. The molecule has 0 spiro atoms. The zero-order valence-corrected chi connectivity index (χ0v) is 9.79. The van der Waals surface area contributed by atoms with Crippen LogP contribution in [0.1, 0.15) is 6.42 Å². The van der Waals surface area contributed by atoms with E-state index in [1.165, 1.54) is 6.26 Å². The Kier molecular flexibility index (Phi) is 3.30. The van der Waals surface area contributed by atoms with E-state index in [1.807, 2.05) is 0 Å². The Labute approximate surface area is 90.8 Å². The van der Waals surface area contributed by atoms with Crippen LogP contribution >= 0.6 is 0 Å². The van der Waals surface area contributed by atoms with Crippen LogP contribution in [0.3, 0.4) is 0 Å². The van der Waals surface area contributed by atoms with E-state index in [1.54, 1.807) is 4.31 Å². The highest BCUT2D eigenvalue weighted by atomic mass is 32.2. The fourth-order valence-electron chi connectivity index (χ4n) is 2.25. The van der Waals surface area contributed by atoms with E-state index in [0.717, 1.165) is 19.5 Å². The Balaban J connectivity index is 2.08. The van der Waals surface area contributed by atoms with E-state index in [-0.39, 0.29) is 6.10 Å². The molecule has 0 amide bonds. The van der Waals surface area contributed by atoms with Gasteiger partial charge in [-0.2, -0.15) is 4.31 Å². The Morgan fingerprint density at radius 2 is 2.27 bits per heavy atom. The van der Waals surface area contributed by atoms with E-state index in [2.05, 4.69) is 5.32 Å². The van der Waals surface area contributed by atoms with Crippen LogP contribution in [-0.4, -0.2) is 57.9 Å². The second-order valence-electron chi connectivity index (χ2n) is 4.28. The number of piperidine rings is 1. The Bertz CT molecular complexity index is 317. The summed E-state index contributed by atoms with van der Waals surface area (Å²) in [5, 5.41) is 3.27. The summed E-state index contributed by atoms with van der Waals surface area (Å²) in [4.78, 5) is 0. The third-order valence-electron chi connectivity index (χ3n) is 3.14. The van der Waals surface area contributed by atoms with Crippen molar-refractivity contribution in [3.63, 3.8) is 0 Å². The van der Waals surface area contributed by atoms with Crippen molar-refractivity contribution >= 4 is 10.0 Å². The molecular weight excluding hydrogens is 216 g/mol. The molecule has 0 saturated carbocycles. The van der Waals surface area contributed by atoms with Crippen molar-refractivity contribution in [1.29, 1.82) is 0 Å². The first kappa shape index (κ1) is 11.3. The Morgan fingerprint density at radius 3 is 3.00 bits per heavy atom. The molecule has 2 atom stereocenters. The van der Waals surface area contributed by atoms with Crippen LogP contribution < -0.4 is 5.32 Å². The molecule has 5 nitrogen and oxygen atoms in total. The van der Waals surface area contributed by atoms with Gasteiger partial charge in [-0.05, 0) is 13.0 Å². The second kappa shape index (κ2) is 4.37. The summed E-state index contributed by atoms with van der Waals surface area (Å²) >= 11 is 0. The molecular formula is C9H18N2O3S. The molecule has 0 aromatic heterocycles. The molecule has 2 aliphatic rings. The third kappa shape index (κ3) is 2.69. The zero-order chi connectivity index (χ0) is 10.9. The van der Waals surface area contributed by atoms with E-state index in [0.29, 0.717) is 25.6 Å². The van der Waals surface area contributed by atoms with Crippen molar-refractivity contribution in [1.82, 2.24) is 9.62 Å². The minimum absolute atomic E-state index is 0.186. The van der Waals surface area contributed by atoms with Crippen molar-refractivity contribution in [2.24, 2.45) is 5.92 Å². The summed E-state index contributed by atoms with van der Waals surface area (Å²) in [6, 6.07) is 0. The highest BCUT2D eigenvalue weighted by molar-refractivity contribution is 7.88. The van der Waals surface area contributed by atoms with Crippen molar-refractivity contribution in [3.05, 3.63) is 0 Å². The average molecular weight is 234 g/mol. The van der Waals surface area contributed by atoms with Crippen LogP contribution in [0.2, 0.25) is 0 Å². The molecule has 2 unspecified atom stereocenters. The number of hydrogen-bond acceptors (Lipinski definition) is 4. The molecule has 2 rings (SSSR count). The smallest absolute Gasteiger partial charge is 0.211 e. The topological polar surface area (TPSA) is 58.6 Å². The third-order valence-corrected chi connectivity index (χ3v) is 4.41. The monoisotopic (exact) mass is 234 g/mol. The van der Waals surface area contributed by atoms with Crippen LogP contribution in [0.15, 0.2) is 0 Å². The second-order valence-corrected chi connectivity index (χ2v) is 6.27. The number of ether oxygens (including phenoxy) is 1. The lowest BCUT2D eigenvalue weighted by Gasteiger charge is -2.31. The maximum atomic E-state index is 11.5. The molecule has 0 aliphatic carbocycles. The molecule has 88 valence electrons. The molecule has 2 aliphatic heterocycles. The number of hydrogen-bond donors (Lipinski definition) is 1. The summed E-state index contributed by atoms with van der Waals surface area (Å²) in [5.41, 5.74) is 0.